The van der Waals surface area contributed by atoms with Crippen molar-refractivity contribution in [2.75, 3.05) is 0 Å². The van der Waals surface area contributed by atoms with Crippen molar-refractivity contribution in [2.24, 2.45) is 0 Å². The molecule has 0 fully saturated rings. The van der Waals surface area contributed by atoms with E-state index in [0.29, 0.717) is 0 Å². The van der Waals surface area contributed by atoms with E-state index >= 15 is 0 Å². The third-order valence-corrected chi connectivity index (χ3v) is 4.87. The van der Waals surface area contributed by atoms with E-state index in [4.69, 9.17) is 20.0 Å². The maximum atomic E-state index is 5.74. The average molecular weight is 221 g/mol. The van der Waals surface area contributed by atoms with Crippen LogP contribution in [-0.4, -0.2) is 12.5 Å². The molecule has 1 aromatic carbocycles. The second-order valence-corrected chi connectivity index (χ2v) is 8.86. The van der Waals surface area contributed by atoms with Gasteiger partial charge in [-0.05, 0) is 0 Å². The van der Waals surface area contributed by atoms with Gasteiger partial charge in [0.1, 0.15) is 0 Å². The summed E-state index contributed by atoms with van der Waals surface area (Å²) in [7, 11) is 11.5. The molecule has 0 unspecified atom stereocenters. The second kappa shape index (κ2) is 3.50. The third-order valence-electron chi connectivity index (χ3n) is 0.992. The van der Waals surface area contributed by atoms with Crippen LogP contribution in [0.5, 0.6) is 0 Å². The molecule has 1 aromatic rings. The SMILES string of the molecule is [Cl][Ge]([Cl])[c]1ccccc1. The molecule has 1 rings (SSSR count). The predicted molar refractivity (Wildman–Crippen MR) is 43.5 cm³/mol. The molecule has 0 aliphatic carbocycles. The van der Waals surface area contributed by atoms with E-state index < -0.39 is 12.5 Å². The molecule has 0 amide bonds. The molecule has 0 spiro atoms. The van der Waals surface area contributed by atoms with Crippen LogP contribution >= 0.6 is 20.0 Å². The number of rotatable bonds is 1. The van der Waals surface area contributed by atoms with Crippen LogP contribution in [0.1, 0.15) is 0 Å². The molecule has 3 heteroatoms. The van der Waals surface area contributed by atoms with E-state index in [2.05, 4.69) is 0 Å². The molecule has 0 nitrogen and oxygen atoms in total. The van der Waals surface area contributed by atoms with Gasteiger partial charge in [-0.2, -0.15) is 0 Å². The van der Waals surface area contributed by atoms with Crippen LogP contribution in [-0.2, 0) is 0 Å². The Hall–Kier alpha value is 0.343. The zero-order valence-electron chi connectivity index (χ0n) is 4.64. The van der Waals surface area contributed by atoms with Gasteiger partial charge in [-0.15, -0.1) is 0 Å². The maximum absolute atomic E-state index is 5.74. The minimum atomic E-state index is -1.82. The normalized spacial score (nSPS) is 10.1. The third kappa shape index (κ3) is 2.20. The van der Waals surface area contributed by atoms with Crippen molar-refractivity contribution in [2.45, 2.75) is 0 Å². The van der Waals surface area contributed by atoms with Crippen LogP contribution in [0.2, 0.25) is 0 Å². The first kappa shape index (κ1) is 7.45. The van der Waals surface area contributed by atoms with Crippen molar-refractivity contribution in [3.05, 3.63) is 30.3 Å². The predicted octanol–water partition coefficient (Wildman–Crippen LogP) is 1.86. The molecule has 1 radical (unpaired) electrons. The molecule has 0 aliphatic heterocycles. The van der Waals surface area contributed by atoms with Crippen LogP contribution in [0.15, 0.2) is 30.3 Å². The molecule has 0 heterocycles. The molecular formula is C6H5Cl2Ge. The standard InChI is InChI=1S/C6H5Cl2Ge/c7-9(8)6-4-2-1-3-5-6/h1-5H. The topological polar surface area (TPSA) is 0 Å². The Kier molecular flexibility index (Phi) is 2.89. The summed E-state index contributed by atoms with van der Waals surface area (Å²) in [5.41, 5.74) is 0. The summed E-state index contributed by atoms with van der Waals surface area (Å²) in [5.74, 6) is 0. The zero-order chi connectivity index (χ0) is 6.69. The van der Waals surface area contributed by atoms with Crippen LogP contribution in [0, 0.1) is 0 Å². The molecule has 0 saturated carbocycles. The molecule has 0 bridgehead atoms. The van der Waals surface area contributed by atoms with E-state index in [9.17, 15) is 0 Å². The molecule has 0 aliphatic rings. The van der Waals surface area contributed by atoms with Gasteiger partial charge in [-0.3, -0.25) is 0 Å². The minimum absolute atomic E-state index is 1.11. The summed E-state index contributed by atoms with van der Waals surface area (Å²) in [6, 6.07) is 9.80. The van der Waals surface area contributed by atoms with E-state index in [1.807, 2.05) is 30.3 Å². The first-order chi connectivity index (χ1) is 4.30. The number of halogens is 2. The van der Waals surface area contributed by atoms with Crippen molar-refractivity contribution in [3.63, 3.8) is 0 Å². The molecule has 47 valence electrons. The van der Waals surface area contributed by atoms with Gasteiger partial charge < -0.3 is 0 Å². The summed E-state index contributed by atoms with van der Waals surface area (Å²) in [4.78, 5) is 0. The van der Waals surface area contributed by atoms with E-state index in [0.717, 1.165) is 4.40 Å². The van der Waals surface area contributed by atoms with Gasteiger partial charge in [0.25, 0.3) is 0 Å². The monoisotopic (exact) mass is 221 g/mol. The Morgan fingerprint density at radius 1 is 1.00 bits per heavy atom. The Morgan fingerprint density at radius 2 is 1.56 bits per heavy atom. The number of hydrogen-bond acceptors (Lipinski definition) is 0. The number of benzene rings is 1. The van der Waals surface area contributed by atoms with Crippen molar-refractivity contribution < 1.29 is 0 Å². The Bertz CT molecular complexity index is 174. The summed E-state index contributed by atoms with van der Waals surface area (Å²) >= 11 is -1.82. The van der Waals surface area contributed by atoms with Gasteiger partial charge in [-0.1, -0.05) is 0 Å². The van der Waals surface area contributed by atoms with Gasteiger partial charge >= 0.3 is 67.2 Å². The van der Waals surface area contributed by atoms with Crippen molar-refractivity contribution in [1.29, 1.82) is 0 Å². The summed E-state index contributed by atoms with van der Waals surface area (Å²) in [6.45, 7) is 0. The van der Waals surface area contributed by atoms with Crippen molar-refractivity contribution in [3.8, 4) is 0 Å². The van der Waals surface area contributed by atoms with Gasteiger partial charge in [0.05, 0.1) is 0 Å². The summed E-state index contributed by atoms with van der Waals surface area (Å²) in [6.07, 6.45) is 0. The van der Waals surface area contributed by atoms with E-state index in [1.54, 1.807) is 0 Å². The number of hydrogen-bond donors (Lipinski definition) is 0. The molecule has 0 aromatic heterocycles. The fourth-order valence-electron chi connectivity index (χ4n) is 0.564. The fraction of sp³-hybridized carbons (Fsp3) is 0. The van der Waals surface area contributed by atoms with Crippen LogP contribution < -0.4 is 4.40 Å². The summed E-state index contributed by atoms with van der Waals surface area (Å²) < 4.78 is 1.11. The quantitative estimate of drug-likeness (QED) is 0.634. The first-order valence-corrected chi connectivity index (χ1v) is 9.10. The molecule has 0 N–H and O–H groups in total. The summed E-state index contributed by atoms with van der Waals surface area (Å²) in [5, 5.41) is 0. The molecule has 9 heavy (non-hydrogen) atoms. The molecule has 0 atom stereocenters. The van der Waals surface area contributed by atoms with Gasteiger partial charge in [-0.25, -0.2) is 0 Å². The van der Waals surface area contributed by atoms with Gasteiger partial charge in [0.15, 0.2) is 0 Å². The molecular weight excluding hydrogens is 216 g/mol. The Morgan fingerprint density at radius 3 is 1.89 bits per heavy atom. The van der Waals surface area contributed by atoms with E-state index in [-0.39, 0.29) is 0 Å². The average Bonchev–Trinajstić information content (AvgIpc) is 1.90. The van der Waals surface area contributed by atoms with E-state index in [1.165, 1.54) is 0 Å². The van der Waals surface area contributed by atoms with Crippen molar-refractivity contribution >= 4 is 36.9 Å². The van der Waals surface area contributed by atoms with Crippen molar-refractivity contribution in [1.82, 2.24) is 0 Å². The van der Waals surface area contributed by atoms with Gasteiger partial charge in [0.2, 0.25) is 0 Å². The fourth-order valence-corrected chi connectivity index (χ4v) is 2.81. The van der Waals surface area contributed by atoms with Crippen LogP contribution in [0.25, 0.3) is 0 Å². The zero-order valence-corrected chi connectivity index (χ0v) is 8.25. The Balaban J connectivity index is 2.85. The van der Waals surface area contributed by atoms with Crippen LogP contribution in [0.4, 0.5) is 0 Å². The second-order valence-electron chi connectivity index (χ2n) is 1.63. The molecule has 0 saturated heterocycles. The van der Waals surface area contributed by atoms with Gasteiger partial charge in [0, 0.05) is 0 Å². The van der Waals surface area contributed by atoms with Crippen LogP contribution in [0.3, 0.4) is 0 Å². The Labute approximate surface area is 67.3 Å². The first-order valence-electron chi connectivity index (χ1n) is 2.54.